The number of carboxylic acid groups (broad SMARTS) is 2. The summed E-state index contributed by atoms with van der Waals surface area (Å²) < 4.78 is 0. The molecule has 0 atom stereocenters. The third-order valence-electron chi connectivity index (χ3n) is 3.97. The first-order valence-electron chi connectivity index (χ1n) is 6.56. The van der Waals surface area contributed by atoms with Crippen LogP contribution in [0.4, 0.5) is 0 Å². The lowest BCUT2D eigenvalue weighted by Crippen LogP contribution is -2.00. The Balaban J connectivity index is 2.49. The fourth-order valence-corrected chi connectivity index (χ4v) is 2.71. The van der Waals surface area contributed by atoms with Crippen molar-refractivity contribution in [3.8, 4) is 0 Å². The van der Waals surface area contributed by atoms with Gasteiger partial charge < -0.3 is 20.2 Å². The van der Waals surface area contributed by atoms with Crippen molar-refractivity contribution in [3.05, 3.63) is 45.0 Å². The normalized spacial score (nSPS) is 10.9. The molecule has 21 heavy (non-hydrogen) atoms. The van der Waals surface area contributed by atoms with E-state index in [0.717, 1.165) is 22.5 Å². The average Bonchev–Trinajstić information content (AvgIpc) is 2.82. The highest BCUT2D eigenvalue weighted by Gasteiger charge is 2.21. The molecule has 6 heteroatoms. The van der Waals surface area contributed by atoms with Gasteiger partial charge in [0.2, 0.25) is 0 Å². The molecule has 0 bridgehead atoms. The Kier molecular flexibility index (Phi) is 3.63. The van der Waals surface area contributed by atoms with Gasteiger partial charge in [-0.3, -0.25) is 0 Å². The first-order chi connectivity index (χ1) is 9.73. The molecule has 4 N–H and O–H groups in total. The molecule has 2 aromatic heterocycles. The van der Waals surface area contributed by atoms with E-state index >= 15 is 0 Å². The molecule has 0 radical (unpaired) electrons. The maximum absolute atomic E-state index is 11.2. The minimum absolute atomic E-state index is 0.187. The number of carbonyl (C=O) groups is 2. The van der Waals surface area contributed by atoms with Crippen LogP contribution in [0.3, 0.4) is 0 Å². The maximum Gasteiger partial charge on any atom is 0.352 e. The largest absolute Gasteiger partial charge is 0.477 e. The molecule has 0 aliphatic carbocycles. The summed E-state index contributed by atoms with van der Waals surface area (Å²) >= 11 is 0. The van der Waals surface area contributed by atoms with E-state index in [1.807, 2.05) is 13.8 Å². The van der Waals surface area contributed by atoms with Crippen LogP contribution in [0.15, 0.2) is 0 Å². The fraction of sp³-hybridized carbons (Fsp3) is 0.333. The Morgan fingerprint density at radius 3 is 1.38 bits per heavy atom. The Morgan fingerprint density at radius 1 is 0.810 bits per heavy atom. The average molecular weight is 290 g/mol. The number of aromatic carboxylic acids is 2. The van der Waals surface area contributed by atoms with Gasteiger partial charge in [-0.1, -0.05) is 0 Å². The van der Waals surface area contributed by atoms with Crippen LogP contribution in [0.25, 0.3) is 0 Å². The minimum Gasteiger partial charge on any atom is -0.477 e. The predicted molar refractivity (Wildman–Crippen MR) is 77.3 cm³/mol. The van der Waals surface area contributed by atoms with Gasteiger partial charge in [-0.05, 0) is 49.9 Å². The van der Waals surface area contributed by atoms with Crippen LogP contribution in [0.1, 0.15) is 54.6 Å². The summed E-state index contributed by atoms with van der Waals surface area (Å²) in [6, 6.07) is 0. The number of H-pyrrole nitrogens is 2. The van der Waals surface area contributed by atoms with Gasteiger partial charge in [0.05, 0.1) is 0 Å². The standard InChI is InChI=1S/C15H18N2O4/c1-6-10(8(3)16-12(6)14(18)19)5-11-7(2)13(15(20)21)17-9(11)4/h16-17H,5H2,1-4H3,(H,18,19)(H,20,21). The van der Waals surface area contributed by atoms with Gasteiger partial charge in [0.15, 0.2) is 0 Å². The van der Waals surface area contributed by atoms with Crippen molar-refractivity contribution in [2.45, 2.75) is 34.1 Å². The van der Waals surface area contributed by atoms with Crippen LogP contribution in [0.2, 0.25) is 0 Å². The second kappa shape index (κ2) is 5.12. The molecule has 0 saturated carbocycles. The van der Waals surface area contributed by atoms with E-state index in [0.29, 0.717) is 17.5 Å². The molecule has 0 spiro atoms. The van der Waals surface area contributed by atoms with Crippen molar-refractivity contribution in [2.24, 2.45) is 0 Å². The molecule has 0 amide bonds. The highest BCUT2D eigenvalue weighted by molar-refractivity contribution is 5.89. The molecule has 112 valence electrons. The van der Waals surface area contributed by atoms with E-state index in [4.69, 9.17) is 10.2 Å². The predicted octanol–water partition coefficient (Wildman–Crippen LogP) is 2.56. The third kappa shape index (κ3) is 2.44. The molecular weight excluding hydrogens is 272 g/mol. The molecule has 0 saturated heterocycles. The summed E-state index contributed by atoms with van der Waals surface area (Å²) in [5.41, 5.74) is 5.14. The molecule has 6 nitrogen and oxygen atoms in total. The lowest BCUT2D eigenvalue weighted by molar-refractivity contribution is 0.0679. The second-order valence-electron chi connectivity index (χ2n) is 5.24. The highest BCUT2D eigenvalue weighted by atomic mass is 16.4. The molecule has 0 fully saturated rings. The maximum atomic E-state index is 11.2. The topological polar surface area (TPSA) is 106 Å². The zero-order valence-electron chi connectivity index (χ0n) is 12.4. The number of aromatic nitrogens is 2. The number of hydrogen-bond donors (Lipinski definition) is 4. The second-order valence-corrected chi connectivity index (χ2v) is 5.24. The summed E-state index contributed by atoms with van der Waals surface area (Å²) in [5.74, 6) is -1.98. The Labute approximate surface area is 121 Å². The first kappa shape index (κ1) is 14.9. The van der Waals surface area contributed by atoms with Crippen LogP contribution < -0.4 is 0 Å². The van der Waals surface area contributed by atoms with Gasteiger partial charge >= 0.3 is 11.9 Å². The van der Waals surface area contributed by atoms with E-state index in [1.165, 1.54) is 0 Å². The summed E-state index contributed by atoms with van der Waals surface area (Å²) in [4.78, 5) is 28.1. The van der Waals surface area contributed by atoms with E-state index < -0.39 is 11.9 Å². The third-order valence-corrected chi connectivity index (χ3v) is 3.97. The quantitative estimate of drug-likeness (QED) is 0.694. The smallest absolute Gasteiger partial charge is 0.352 e. The molecule has 0 aliphatic rings. The Hall–Kier alpha value is -2.50. The zero-order valence-corrected chi connectivity index (χ0v) is 12.4. The lowest BCUT2D eigenvalue weighted by Gasteiger charge is -2.04. The van der Waals surface area contributed by atoms with Gasteiger partial charge in [-0.2, -0.15) is 0 Å². The summed E-state index contributed by atoms with van der Waals surface area (Å²) in [5, 5.41) is 18.3. The van der Waals surface area contributed by atoms with Crippen LogP contribution in [-0.4, -0.2) is 32.1 Å². The van der Waals surface area contributed by atoms with Crippen molar-refractivity contribution in [1.29, 1.82) is 0 Å². The molecule has 2 rings (SSSR count). The van der Waals surface area contributed by atoms with Crippen LogP contribution in [0, 0.1) is 27.7 Å². The first-order valence-corrected chi connectivity index (χ1v) is 6.56. The number of hydrogen-bond acceptors (Lipinski definition) is 2. The van der Waals surface area contributed by atoms with Gasteiger partial charge in [-0.15, -0.1) is 0 Å². The number of aromatic amines is 2. The molecule has 0 aromatic carbocycles. The van der Waals surface area contributed by atoms with Gasteiger partial charge in [0.25, 0.3) is 0 Å². The van der Waals surface area contributed by atoms with Gasteiger partial charge in [0.1, 0.15) is 11.4 Å². The van der Waals surface area contributed by atoms with Crippen LogP contribution in [-0.2, 0) is 6.42 Å². The summed E-state index contributed by atoms with van der Waals surface area (Å²) in [6.07, 6.45) is 0.503. The summed E-state index contributed by atoms with van der Waals surface area (Å²) in [6.45, 7) is 7.17. The van der Waals surface area contributed by atoms with Crippen molar-refractivity contribution in [2.75, 3.05) is 0 Å². The number of nitrogens with one attached hydrogen (secondary N) is 2. The van der Waals surface area contributed by atoms with Crippen molar-refractivity contribution in [3.63, 3.8) is 0 Å². The highest BCUT2D eigenvalue weighted by Crippen LogP contribution is 2.26. The van der Waals surface area contributed by atoms with Crippen molar-refractivity contribution < 1.29 is 19.8 Å². The van der Waals surface area contributed by atoms with E-state index in [1.54, 1.807) is 13.8 Å². The van der Waals surface area contributed by atoms with E-state index in [-0.39, 0.29) is 11.4 Å². The summed E-state index contributed by atoms with van der Waals surface area (Å²) in [7, 11) is 0. The number of carboxylic acids is 2. The molecule has 2 aromatic rings. The van der Waals surface area contributed by atoms with Crippen molar-refractivity contribution >= 4 is 11.9 Å². The van der Waals surface area contributed by atoms with Crippen LogP contribution >= 0.6 is 0 Å². The Morgan fingerprint density at radius 2 is 1.14 bits per heavy atom. The zero-order chi connectivity index (χ0) is 15.9. The number of rotatable bonds is 4. The lowest BCUT2D eigenvalue weighted by atomic mass is 9.98. The van der Waals surface area contributed by atoms with Crippen molar-refractivity contribution in [1.82, 2.24) is 9.97 Å². The SMILES string of the molecule is Cc1[nH]c(C(=O)O)c(C)c1Cc1c(C)[nH]c(C(=O)O)c1C. The molecular formula is C15H18N2O4. The minimum atomic E-state index is -0.990. The van der Waals surface area contributed by atoms with E-state index in [9.17, 15) is 9.59 Å². The number of aryl methyl sites for hydroxylation is 2. The van der Waals surface area contributed by atoms with Crippen LogP contribution in [0.5, 0.6) is 0 Å². The molecule has 0 aliphatic heterocycles. The molecule has 0 unspecified atom stereocenters. The Bertz CT molecular complexity index is 675. The van der Waals surface area contributed by atoms with E-state index in [2.05, 4.69) is 9.97 Å². The van der Waals surface area contributed by atoms with Gasteiger partial charge in [-0.25, -0.2) is 9.59 Å². The molecule has 2 heterocycles. The van der Waals surface area contributed by atoms with Gasteiger partial charge in [0, 0.05) is 17.8 Å². The monoisotopic (exact) mass is 290 g/mol. The fourth-order valence-electron chi connectivity index (χ4n) is 2.71.